The van der Waals surface area contributed by atoms with E-state index in [9.17, 15) is 0 Å². The molecule has 4 nitrogen and oxygen atoms in total. The Morgan fingerprint density at radius 3 is 2.42 bits per heavy atom. The molecule has 0 N–H and O–H groups in total. The summed E-state index contributed by atoms with van der Waals surface area (Å²) in [6.07, 6.45) is 0.776. The van der Waals surface area contributed by atoms with E-state index in [-0.39, 0.29) is 0 Å². The highest BCUT2D eigenvalue weighted by Crippen LogP contribution is 2.30. The van der Waals surface area contributed by atoms with Crippen LogP contribution >= 0.6 is 11.3 Å². The van der Waals surface area contributed by atoms with Crippen LogP contribution in [-0.2, 0) is 6.42 Å². The van der Waals surface area contributed by atoms with E-state index < -0.39 is 0 Å². The minimum Gasteiger partial charge on any atom is -0.191 e. The number of thiophene rings is 1. The Kier molecular flexibility index (Phi) is 3.53. The van der Waals surface area contributed by atoms with E-state index in [1.807, 2.05) is 16.6 Å². The highest BCUT2D eigenvalue weighted by Gasteiger charge is 2.17. The quantitative estimate of drug-likeness (QED) is 0.461. The van der Waals surface area contributed by atoms with Gasteiger partial charge in [0.15, 0.2) is 11.5 Å². The molecule has 0 aliphatic heterocycles. The molecule has 3 aromatic heterocycles. The summed E-state index contributed by atoms with van der Waals surface area (Å²) < 4.78 is 1.90. The fraction of sp³-hybridized carbons (Fsp3) is 0.0952. The van der Waals surface area contributed by atoms with E-state index >= 15 is 0 Å². The first-order valence-corrected chi connectivity index (χ1v) is 9.40. The molecule has 0 spiro atoms. The lowest BCUT2D eigenvalue weighted by Crippen LogP contribution is -2.03. The number of nitrogens with zero attached hydrogens (tertiary/aromatic N) is 4. The summed E-state index contributed by atoms with van der Waals surface area (Å²) in [4.78, 5) is 1.12. The minimum absolute atomic E-state index is 0.776. The zero-order chi connectivity index (χ0) is 17.5. The van der Waals surface area contributed by atoms with Crippen molar-refractivity contribution in [2.45, 2.75) is 13.3 Å². The first-order chi connectivity index (χ1) is 12.8. The fourth-order valence-electron chi connectivity index (χ4n) is 3.31. The molecular formula is C21H16N4S. The van der Waals surface area contributed by atoms with Crippen molar-refractivity contribution in [3.8, 4) is 10.7 Å². The second-order valence-electron chi connectivity index (χ2n) is 6.35. The molecule has 2 aromatic carbocycles. The van der Waals surface area contributed by atoms with Crippen LogP contribution in [0.5, 0.6) is 0 Å². The molecule has 0 radical (unpaired) electrons. The second kappa shape index (κ2) is 6.04. The Morgan fingerprint density at radius 1 is 0.885 bits per heavy atom. The first-order valence-electron chi connectivity index (χ1n) is 8.53. The Morgan fingerprint density at radius 2 is 1.65 bits per heavy atom. The van der Waals surface area contributed by atoms with E-state index in [0.717, 1.165) is 39.2 Å². The predicted molar refractivity (Wildman–Crippen MR) is 106 cm³/mol. The number of hydrogen-bond acceptors (Lipinski definition) is 4. The van der Waals surface area contributed by atoms with Crippen molar-refractivity contribution < 1.29 is 0 Å². The minimum atomic E-state index is 0.776. The van der Waals surface area contributed by atoms with E-state index in [0.29, 0.717) is 0 Å². The molecule has 26 heavy (non-hydrogen) atoms. The molecular weight excluding hydrogens is 340 g/mol. The summed E-state index contributed by atoms with van der Waals surface area (Å²) in [5, 5.41) is 18.2. The molecule has 0 aliphatic carbocycles. The van der Waals surface area contributed by atoms with Crippen molar-refractivity contribution in [1.82, 2.24) is 19.8 Å². The van der Waals surface area contributed by atoms with Crippen LogP contribution in [0.25, 0.3) is 27.1 Å². The number of fused-ring (bicyclic) bond motifs is 3. The van der Waals surface area contributed by atoms with Crippen molar-refractivity contribution in [3.63, 3.8) is 0 Å². The SMILES string of the molecule is Cc1ccsc1-c1nnc2c3ccccc3c(Cc3ccccc3)nn12. The Bertz CT molecular complexity index is 1220. The maximum atomic E-state index is 4.95. The highest BCUT2D eigenvalue weighted by atomic mass is 32.1. The summed E-state index contributed by atoms with van der Waals surface area (Å²) in [6.45, 7) is 2.10. The van der Waals surface area contributed by atoms with Crippen molar-refractivity contribution in [3.05, 3.63) is 82.9 Å². The van der Waals surface area contributed by atoms with E-state index in [1.54, 1.807) is 11.3 Å². The summed E-state index contributed by atoms with van der Waals surface area (Å²) in [6, 6.07) is 20.8. The first kappa shape index (κ1) is 15.2. The molecule has 0 fully saturated rings. The number of aryl methyl sites for hydroxylation is 1. The number of benzene rings is 2. The third-order valence-corrected chi connectivity index (χ3v) is 5.63. The van der Waals surface area contributed by atoms with Crippen LogP contribution in [0.15, 0.2) is 66.0 Å². The maximum absolute atomic E-state index is 4.95. The van der Waals surface area contributed by atoms with Crippen LogP contribution in [0.3, 0.4) is 0 Å². The van der Waals surface area contributed by atoms with Gasteiger partial charge in [0.05, 0.1) is 10.6 Å². The van der Waals surface area contributed by atoms with Gasteiger partial charge in [0.25, 0.3) is 0 Å². The molecule has 3 heterocycles. The molecule has 5 heteroatoms. The predicted octanol–water partition coefficient (Wildman–Crippen LogP) is 4.91. The zero-order valence-electron chi connectivity index (χ0n) is 14.3. The standard InChI is InChI=1S/C21H16N4S/c1-14-11-12-26-19(14)21-23-22-20-17-10-6-5-9-16(17)18(24-25(20)21)13-15-7-3-2-4-8-15/h2-12H,13H2,1H3. The summed E-state index contributed by atoms with van der Waals surface area (Å²) >= 11 is 1.67. The van der Waals surface area contributed by atoms with Crippen molar-refractivity contribution in [2.24, 2.45) is 0 Å². The summed E-state index contributed by atoms with van der Waals surface area (Å²) in [7, 11) is 0. The van der Waals surface area contributed by atoms with Gasteiger partial charge in [-0.3, -0.25) is 0 Å². The van der Waals surface area contributed by atoms with Gasteiger partial charge in [-0.1, -0.05) is 54.6 Å². The number of rotatable bonds is 3. The average molecular weight is 356 g/mol. The topological polar surface area (TPSA) is 43.1 Å². The average Bonchev–Trinajstić information content (AvgIpc) is 3.28. The summed E-state index contributed by atoms with van der Waals surface area (Å²) in [5.41, 5.74) is 4.28. The Labute approximate surface area is 154 Å². The van der Waals surface area contributed by atoms with Crippen LogP contribution in [-0.4, -0.2) is 19.8 Å². The lowest BCUT2D eigenvalue weighted by Gasteiger charge is -2.08. The molecule has 0 unspecified atom stereocenters. The molecule has 0 atom stereocenters. The monoisotopic (exact) mass is 356 g/mol. The van der Waals surface area contributed by atoms with Gasteiger partial charge >= 0.3 is 0 Å². The molecule has 0 saturated carbocycles. The van der Waals surface area contributed by atoms with Crippen LogP contribution in [0.4, 0.5) is 0 Å². The van der Waals surface area contributed by atoms with Crippen LogP contribution in [0.1, 0.15) is 16.8 Å². The van der Waals surface area contributed by atoms with E-state index in [2.05, 4.69) is 71.0 Å². The third-order valence-electron chi connectivity index (χ3n) is 4.62. The highest BCUT2D eigenvalue weighted by molar-refractivity contribution is 7.13. The molecule has 0 amide bonds. The smallest absolute Gasteiger partial charge is 0.191 e. The van der Waals surface area contributed by atoms with Gasteiger partial charge in [0, 0.05) is 17.2 Å². The summed E-state index contributed by atoms with van der Waals surface area (Å²) in [5.74, 6) is 0.813. The molecule has 5 aromatic rings. The maximum Gasteiger partial charge on any atom is 0.195 e. The van der Waals surface area contributed by atoms with Gasteiger partial charge in [0.1, 0.15) is 0 Å². The lowest BCUT2D eigenvalue weighted by molar-refractivity contribution is 0.890. The van der Waals surface area contributed by atoms with Crippen LogP contribution in [0.2, 0.25) is 0 Å². The van der Waals surface area contributed by atoms with Crippen molar-refractivity contribution >= 4 is 27.8 Å². The zero-order valence-corrected chi connectivity index (χ0v) is 15.1. The largest absolute Gasteiger partial charge is 0.195 e. The Balaban J connectivity index is 1.79. The molecule has 126 valence electrons. The van der Waals surface area contributed by atoms with Gasteiger partial charge in [-0.2, -0.15) is 9.61 Å². The number of aromatic nitrogens is 4. The van der Waals surface area contributed by atoms with Crippen molar-refractivity contribution in [2.75, 3.05) is 0 Å². The second-order valence-corrected chi connectivity index (χ2v) is 7.26. The van der Waals surface area contributed by atoms with Gasteiger partial charge in [-0.15, -0.1) is 21.5 Å². The van der Waals surface area contributed by atoms with Gasteiger partial charge in [-0.25, -0.2) is 0 Å². The van der Waals surface area contributed by atoms with E-state index in [4.69, 9.17) is 5.10 Å². The van der Waals surface area contributed by atoms with Crippen LogP contribution < -0.4 is 0 Å². The van der Waals surface area contributed by atoms with E-state index in [1.165, 1.54) is 11.1 Å². The molecule has 0 aliphatic rings. The van der Waals surface area contributed by atoms with Crippen LogP contribution in [0, 0.1) is 6.92 Å². The lowest BCUT2D eigenvalue weighted by atomic mass is 10.0. The van der Waals surface area contributed by atoms with Gasteiger partial charge in [-0.05, 0) is 29.5 Å². The molecule has 0 bridgehead atoms. The molecule has 0 saturated heterocycles. The van der Waals surface area contributed by atoms with Gasteiger partial charge in [0.2, 0.25) is 0 Å². The fourth-order valence-corrected chi connectivity index (χ4v) is 4.20. The number of hydrogen-bond donors (Lipinski definition) is 0. The third kappa shape index (κ3) is 2.40. The van der Waals surface area contributed by atoms with Crippen molar-refractivity contribution in [1.29, 1.82) is 0 Å². The van der Waals surface area contributed by atoms with Gasteiger partial charge < -0.3 is 0 Å². The normalized spacial score (nSPS) is 11.4. The molecule has 5 rings (SSSR count). The Hall–Kier alpha value is -3.05.